The average molecular weight is 312 g/mol. The molecule has 3 nitrogen and oxygen atoms in total. The molecule has 0 unspecified atom stereocenters. The van der Waals surface area contributed by atoms with Gasteiger partial charge >= 0.3 is 7.12 Å². The van der Waals surface area contributed by atoms with Gasteiger partial charge in [-0.3, -0.25) is 0 Å². The van der Waals surface area contributed by atoms with Crippen LogP contribution in [0, 0.1) is 0 Å². The van der Waals surface area contributed by atoms with E-state index in [9.17, 15) is 10.0 Å². The van der Waals surface area contributed by atoms with E-state index >= 15 is 0 Å². The number of hydrogen-bond acceptors (Lipinski definition) is 3. The summed E-state index contributed by atoms with van der Waals surface area (Å²) in [6.07, 6.45) is 0. The predicted molar refractivity (Wildman–Crippen MR) is 98.6 cm³/mol. The number of rotatable bonds is 1. The van der Waals surface area contributed by atoms with Crippen LogP contribution in [0.1, 0.15) is 0 Å². The summed E-state index contributed by atoms with van der Waals surface area (Å²) < 4.78 is 6.15. The maximum absolute atomic E-state index is 9.63. The summed E-state index contributed by atoms with van der Waals surface area (Å²) in [5, 5.41) is 25.6. The van der Waals surface area contributed by atoms with Crippen molar-refractivity contribution >= 4 is 56.1 Å². The molecule has 0 saturated carbocycles. The van der Waals surface area contributed by atoms with Crippen molar-refractivity contribution in [2.45, 2.75) is 0 Å². The molecule has 0 radical (unpaired) electrons. The van der Waals surface area contributed by atoms with Crippen LogP contribution in [0.25, 0.3) is 43.5 Å². The van der Waals surface area contributed by atoms with E-state index in [0.717, 1.165) is 37.9 Å². The van der Waals surface area contributed by atoms with Crippen molar-refractivity contribution in [3.8, 4) is 0 Å². The molecule has 1 heterocycles. The number of para-hydroxylation sites is 1. The Morgan fingerprint density at radius 3 is 2.21 bits per heavy atom. The number of furan rings is 1. The van der Waals surface area contributed by atoms with E-state index in [1.54, 1.807) is 6.07 Å². The van der Waals surface area contributed by atoms with Gasteiger partial charge in [-0.2, -0.15) is 0 Å². The molecule has 4 heteroatoms. The summed E-state index contributed by atoms with van der Waals surface area (Å²) in [6.45, 7) is 0. The Kier molecular flexibility index (Phi) is 2.74. The summed E-state index contributed by atoms with van der Waals surface area (Å²) in [4.78, 5) is 0. The minimum atomic E-state index is -1.56. The molecule has 114 valence electrons. The van der Waals surface area contributed by atoms with Gasteiger partial charge in [0.15, 0.2) is 0 Å². The highest BCUT2D eigenvalue weighted by Crippen LogP contribution is 2.36. The molecule has 5 rings (SSSR count). The number of hydrogen-bond donors (Lipinski definition) is 2. The van der Waals surface area contributed by atoms with Crippen molar-refractivity contribution in [1.29, 1.82) is 0 Å². The van der Waals surface area contributed by atoms with Crippen LogP contribution in [0.3, 0.4) is 0 Å². The van der Waals surface area contributed by atoms with E-state index < -0.39 is 7.12 Å². The largest absolute Gasteiger partial charge is 0.492 e. The van der Waals surface area contributed by atoms with Crippen molar-refractivity contribution in [1.82, 2.24) is 0 Å². The Morgan fingerprint density at radius 1 is 0.625 bits per heavy atom. The Balaban J connectivity index is 2.06. The summed E-state index contributed by atoms with van der Waals surface area (Å²) in [7, 11) is -1.56. The lowest BCUT2D eigenvalue weighted by Gasteiger charge is -2.04. The van der Waals surface area contributed by atoms with Crippen LogP contribution in [-0.2, 0) is 0 Å². The molecule has 0 saturated heterocycles. The molecular formula is C20H13BO3. The summed E-state index contributed by atoms with van der Waals surface area (Å²) >= 11 is 0. The molecule has 0 amide bonds. The zero-order valence-electron chi connectivity index (χ0n) is 12.7. The zero-order chi connectivity index (χ0) is 16.3. The topological polar surface area (TPSA) is 53.6 Å². The quantitative estimate of drug-likeness (QED) is 0.367. The van der Waals surface area contributed by atoms with Gasteiger partial charge < -0.3 is 14.5 Å². The Bertz CT molecular complexity index is 1240. The van der Waals surface area contributed by atoms with Crippen LogP contribution in [0.5, 0.6) is 0 Å². The lowest BCUT2D eigenvalue weighted by Crippen LogP contribution is -2.29. The zero-order valence-corrected chi connectivity index (χ0v) is 12.7. The molecule has 0 aliphatic heterocycles. The van der Waals surface area contributed by atoms with Gasteiger partial charge in [-0.05, 0) is 22.2 Å². The van der Waals surface area contributed by atoms with Gasteiger partial charge in [0, 0.05) is 21.6 Å². The first-order valence-corrected chi connectivity index (χ1v) is 7.86. The van der Waals surface area contributed by atoms with Crippen molar-refractivity contribution in [2.24, 2.45) is 0 Å². The smallest absolute Gasteiger partial charge is 0.456 e. The Hall–Kier alpha value is -2.82. The van der Waals surface area contributed by atoms with E-state index in [0.29, 0.717) is 11.0 Å². The third kappa shape index (κ3) is 1.75. The standard InChI is InChI=1S/C20H13BO3/c22-21(23)17-7-3-6-15-16-11-10-13-9-8-12-4-1-2-5-14(12)18(13)20(16)24-19(15)17/h1-11,22-23H. The second-order valence-electron chi connectivity index (χ2n) is 6.03. The van der Waals surface area contributed by atoms with Gasteiger partial charge in [0.25, 0.3) is 0 Å². The molecule has 0 spiro atoms. The fourth-order valence-corrected chi connectivity index (χ4v) is 3.57. The van der Waals surface area contributed by atoms with E-state index in [4.69, 9.17) is 4.42 Å². The third-order valence-corrected chi connectivity index (χ3v) is 4.68. The fourth-order valence-electron chi connectivity index (χ4n) is 3.57. The number of benzene rings is 4. The molecule has 4 aromatic carbocycles. The van der Waals surface area contributed by atoms with Crippen molar-refractivity contribution in [3.05, 3.63) is 66.7 Å². The van der Waals surface area contributed by atoms with Gasteiger partial charge in [-0.1, -0.05) is 60.7 Å². The van der Waals surface area contributed by atoms with Gasteiger partial charge in [0.1, 0.15) is 11.2 Å². The van der Waals surface area contributed by atoms with Crippen LogP contribution in [-0.4, -0.2) is 17.2 Å². The lowest BCUT2D eigenvalue weighted by atomic mass is 9.79. The highest BCUT2D eigenvalue weighted by atomic mass is 16.4. The average Bonchev–Trinajstić information content (AvgIpc) is 2.99. The van der Waals surface area contributed by atoms with Gasteiger partial charge in [0.05, 0.1) is 0 Å². The van der Waals surface area contributed by atoms with Crippen LogP contribution in [0.15, 0.2) is 71.1 Å². The van der Waals surface area contributed by atoms with E-state index in [2.05, 4.69) is 30.3 Å². The van der Waals surface area contributed by atoms with Crippen LogP contribution >= 0.6 is 0 Å². The van der Waals surface area contributed by atoms with Crippen molar-refractivity contribution < 1.29 is 14.5 Å². The molecule has 0 aliphatic carbocycles. The van der Waals surface area contributed by atoms with Crippen molar-refractivity contribution in [2.75, 3.05) is 0 Å². The minimum absolute atomic E-state index is 0.386. The van der Waals surface area contributed by atoms with Crippen molar-refractivity contribution in [3.63, 3.8) is 0 Å². The number of fused-ring (bicyclic) bond motifs is 7. The molecule has 5 aromatic rings. The highest BCUT2D eigenvalue weighted by molar-refractivity contribution is 6.61. The van der Waals surface area contributed by atoms with Gasteiger partial charge in [-0.15, -0.1) is 0 Å². The maximum Gasteiger partial charge on any atom is 0.492 e. The van der Waals surface area contributed by atoms with Crippen LogP contribution in [0.2, 0.25) is 0 Å². The van der Waals surface area contributed by atoms with E-state index in [-0.39, 0.29) is 0 Å². The second-order valence-corrected chi connectivity index (χ2v) is 6.03. The molecule has 0 bridgehead atoms. The lowest BCUT2D eigenvalue weighted by molar-refractivity contribution is 0.425. The summed E-state index contributed by atoms with van der Waals surface area (Å²) in [6, 6.07) is 22.0. The summed E-state index contributed by atoms with van der Waals surface area (Å²) in [5.41, 5.74) is 1.70. The predicted octanol–water partition coefficient (Wildman–Crippen LogP) is 3.57. The minimum Gasteiger partial charge on any atom is -0.456 e. The molecule has 0 atom stereocenters. The van der Waals surface area contributed by atoms with E-state index in [1.807, 2.05) is 30.3 Å². The first kappa shape index (κ1) is 13.6. The monoisotopic (exact) mass is 312 g/mol. The molecule has 0 fully saturated rings. The molecule has 1 aromatic heterocycles. The van der Waals surface area contributed by atoms with Gasteiger partial charge in [0.2, 0.25) is 0 Å². The first-order chi connectivity index (χ1) is 11.7. The van der Waals surface area contributed by atoms with Crippen LogP contribution < -0.4 is 5.46 Å². The second kappa shape index (κ2) is 4.84. The van der Waals surface area contributed by atoms with Crippen LogP contribution in [0.4, 0.5) is 0 Å². The molecule has 2 N–H and O–H groups in total. The molecule has 24 heavy (non-hydrogen) atoms. The first-order valence-electron chi connectivity index (χ1n) is 7.86. The highest BCUT2D eigenvalue weighted by Gasteiger charge is 2.20. The van der Waals surface area contributed by atoms with E-state index in [1.165, 1.54) is 0 Å². The molecule has 0 aliphatic rings. The normalized spacial score (nSPS) is 11.8. The Morgan fingerprint density at radius 2 is 1.33 bits per heavy atom. The van der Waals surface area contributed by atoms with Gasteiger partial charge in [-0.25, -0.2) is 0 Å². The summed E-state index contributed by atoms with van der Waals surface area (Å²) in [5.74, 6) is 0. The third-order valence-electron chi connectivity index (χ3n) is 4.68. The maximum atomic E-state index is 9.63. The Labute approximate surface area is 137 Å². The SMILES string of the molecule is OB(O)c1cccc2c1oc1c2ccc2ccc3ccccc3c21. The fraction of sp³-hybridized carbons (Fsp3) is 0. The molecular weight excluding hydrogens is 299 g/mol.